The minimum absolute atomic E-state index is 0.112. The summed E-state index contributed by atoms with van der Waals surface area (Å²) in [5.41, 5.74) is 5.31. The third-order valence-electron chi connectivity index (χ3n) is 1.77. The number of nitrogens with one attached hydrogen (secondary N) is 2. The molecule has 0 fully saturated rings. The predicted octanol–water partition coefficient (Wildman–Crippen LogP) is -1.24. The maximum Gasteiger partial charge on any atom is 0.269 e. The van der Waals surface area contributed by atoms with Crippen molar-refractivity contribution in [1.82, 2.24) is 30.1 Å². The lowest BCUT2D eigenvalue weighted by atomic mass is 10.4. The van der Waals surface area contributed by atoms with Gasteiger partial charge in [-0.05, 0) is 0 Å². The summed E-state index contributed by atoms with van der Waals surface area (Å²) >= 11 is 0.812. The van der Waals surface area contributed by atoms with Gasteiger partial charge in [-0.25, -0.2) is 18.1 Å². The van der Waals surface area contributed by atoms with Crippen molar-refractivity contribution in [2.75, 3.05) is 12.3 Å². The van der Waals surface area contributed by atoms with Crippen LogP contribution in [0.25, 0.3) is 0 Å². The SMILES string of the molecule is Nc1nnc(S(=O)(=O)NCCc2ncn[nH]2)s1. The molecule has 17 heavy (non-hydrogen) atoms. The Morgan fingerprint density at radius 3 is 2.88 bits per heavy atom. The number of nitrogens with two attached hydrogens (primary N) is 1. The van der Waals surface area contributed by atoms with Gasteiger partial charge in [0.15, 0.2) is 0 Å². The van der Waals surface area contributed by atoms with E-state index >= 15 is 0 Å². The molecule has 0 saturated carbocycles. The second-order valence-electron chi connectivity index (χ2n) is 2.99. The lowest BCUT2D eigenvalue weighted by Gasteiger charge is -2.00. The topological polar surface area (TPSA) is 140 Å². The number of nitrogens with zero attached hydrogens (tertiary/aromatic N) is 4. The molecule has 2 aromatic heterocycles. The average Bonchev–Trinajstić information content (AvgIpc) is 2.89. The molecule has 0 unspecified atom stereocenters. The van der Waals surface area contributed by atoms with Crippen LogP contribution in [0.4, 0.5) is 5.13 Å². The van der Waals surface area contributed by atoms with Crippen molar-refractivity contribution in [3.8, 4) is 0 Å². The molecule has 0 amide bonds. The highest BCUT2D eigenvalue weighted by molar-refractivity contribution is 7.91. The number of nitrogen functional groups attached to an aromatic ring is 1. The van der Waals surface area contributed by atoms with Gasteiger partial charge in [-0.15, -0.1) is 10.2 Å². The second-order valence-corrected chi connectivity index (χ2v) is 5.94. The molecule has 2 rings (SSSR count). The normalized spacial score (nSPS) is 11.8. The zero-order valence-corrected chi connectivity index (χ0v) is 10.1. The monoisotopic (exact) mass is 275 g/mol. The van der Waals surface area contributed by atoms with E-state index in [4.69, 9.17) is 5.73 Å². The zero-order valence-electron chi connectivity index (χ0n) is 8.49. The maximum atomic E-state index is 11.7. The Labute approximate surface area is 101 Å². The molecule has 0 aliphatic heterocycles. The molecule has 2 heterocycles. The Morgan fingerprint density at radius 1 is 1.47 bits per heavy atom. The quantitative estimate of drug-likeness (QED) is 0.620. The smallest absolute Gasteiger partial charge is 0.269 e. The van der Waals surface area contributed by atoms with Crippen LogP contribution in [0.1, 0.15) is 5.82 Å². The number of aromatic amines is 1. The van der Waals surface area contributed by atoms with Gasteiger partial charge in [0, 0.05) is 13.0 Å². The molecule has 0 aliphatic rings. The summed E-state index contributed by atoms with van der Waals surface area (Å²) < 4.78 is 25.6. The zero-order chi connectivity index (χ0) is 12.3. The van der Waals surface area contributed by atoms with Crippen LogP contribution in [-0.2, 0) is 16.4 Å². The number of hydrogen-bond donors (Lipinski definition) is 3. The van der Waals surface area contributed by atoms with Gasteiger partial charge >= 0.3 is 0 Å². The van der Waals surface area contributed by atoms with Crippen molar-refractivity contribution in [3.05, 3.63) is 12.2 Å². The molecule has 0 aromatic carbocycles. The van der Waals surface area contributed by atoms with Crippen LogP contribution in [0.3, 0.4) is 0 Å². The van der Waals surface area contributed by atoms with E-state index in [1.54, 1.807) is 0 Å². The predicted molar refractivity (Wildman–Crippen MR) is 59.6 cm³/mol. The van der Waals surface area contributed by atoms with E-state index in [-0.39, 0.29) is 16.0 Å². The van der Waals surface area contributed by atoms with E-state index < -0.39 is 10.0 Å². The van der Waals surface area contributed by atoms with Crippen molar-refractivity contribution >= 4 is 26.5 Å². The van der Waals surface area contributed by atoms with E-state index in [1.165, 1.54) is 6.33 Å². The van der Waals surface area contributed by atoms with Gasteiger partial charge in [0.25, 0.3) is 10.0 Å². The van der Waals surface area contributed by atoms with Crippen molar-refractivity contribution in [2.45, 2.75) is 10.8 Å². The first-order chi connectivity index (χ1) is 8.08. The number of hydrogen-bond acceptors (Lipinski definition) is 8. The van der Waals surface area contributed by atoms with E-state index in [2.05, 4.69) is 30.1 Å². The largest absolute Gasteiger partial charge is 0.374 e. The van der Waals surface area contributed by atoms with Gasteiger partial charge in [0.05, 0.1) is 0 Å². The molecule has 2 aromatic rings. The molecule has 0 atom stereocenters. The molecular formula is C6H9N7O2S2. The van der Waals surface area contributed by atoms with Crippen LogP contribution in [-0.4, -0.2) is 40.3 Å². The number of aromatic nitrogens is 5. The van der Waals surface area contributed by atoms with Crippen LogP contribution in [0, 0.1) is 0 Å². The summed E-state index contributed by atoms with van der Waals surface area (Å²) in [5, 5.41) is 13.3. The fourth-order valence-corrected chi connectivity index (χ4v) is 2.90. The van der Waals surface area contributed by atoms with E-state index in [1.807, 2.05) is 0 Å². The fraction of sp³-hybridized carbons (Fsp3) is 0.333. The summed E-state index contributed by atoms with van der Waals surface area (Å²) in [6.45, 7) is 0.191. The maximum absolute atomic E-state index is 11.7. The van der Waals surface area contributed by atoms with Gasteiger partial charge in [0.1, 0.15) is 12.2 Å². The Kier molecular flexibility index (Phi) is 3.31. The summed E-state index contributed by atoms with van der Waals surface area (Å²) in [5.74, 6) is 0.601. The molecule has 0 spiro atoms. The van der Waals surface area contributed by atoms with E-state index in [0.29, 0.717) is 12.2 Å². The number of rotatable bonds is 5. The summed E-state index contributed by atoms with van der Waals surface area (Å²) in [4.78, 5) is 3.87. The van der Waals surface area contributed by atoms with Gasteiger partial charge < -0.3 is 5.73 Å². The third kappa shape index (κ3) is 2.95. The second kappa shape index (κ2) is 4.73. The first-order valence-electron chi connectivity index (χ1n) is 4.51. The molecule has 4 N–H and O–H groups in total. The van der Waals surface area contributed by atoms with Crippen LogP contribution in [0.2, 0.25) is 0 Å². The van der Waals surface area contributed by atoms with Crippen molar-refractivity contribution < 1.29 is 8.42 Å². The van der Waals surface area contributed by atoms with Crippen LogP contribution < -0.4 is 10.5 Å². The molecule has 11 heteroatoms. The lowest BCUT2D eigenvalue weighted by molar-refractivity contribution is 0.579. The van der Waals surface area contributed by atoms with Crippen LogP contribution in [0.15, 0.2) is 10.7 Å². The minimum atomic E-state index is -3.64. The van der Waals surface area contributed by atoms with Crippen molar-refractivity contribution in [2.24, 2.45) is 0 Å². The first kappa shape index (κ1) is 11.9. The Bertz CT molecular complexity index is 575. The standard InChI is InChI=1S/C6H9N7O2S2/c7-5-12-13-6(16-5)17(14,15)10-2-1-4-8-3-9-11-4/h3,10H,1-2H2,(H2,7,12)(H,8,9,11). The van der Waals surface area contributed by atoms with Gasteiger partial charge in [-0.1, -0.05) is 11.3 Å². The molecule has 0 bridgehead atoms. The number of anilines is 1. The molecule has 92 valence electrons. The minimum Gasteiger partial charge on any atom is -0.374 e. The lowest BCUT2D eigenvalue weighted by Crippen LogP contribution is -2.26. The summed E-state index contributed by atoms with van der Waals surface area (Å²) in [6.07, 6.45) is 1.77. The Morgan fingerprint density at radius 2 is 2.29 bits per heavy atom. The molecule has 0 radical (unpaired) electrons. The highest BCUT2D eigenvalue weighted by Crippen LogP contribution is 2.16. The van der Waals surface area contributed by atoms with E-state index in [0.717, 1.165) is 11.3 Å². The molecule has 0 saturated heterocycles. The Hall–Kier alpha value is -1.59. The first-order valence-corrected chi connectivity index (χ1v) is 6.81. The van der Waals surface area contributed by atoms with Crippen molar-refractivity contribution in [3.63, 3.8) is 0 Å². The number of sulfonamides is 1. The third-order valence-corrected chi connectivity index (χ3v) is 4.35. The number of H-pyrrole nitrogens is 1. The van der Waals surface area contributed by atoms with Crippen LogP contribution >= 0.6 is 11.3 Å². The van der Waals surface area contributed by atoms with Gasteiger partial charge in [0.2, 0.25) is 9.47 Å². The van der Waals surface area contributed by atoms with Crippen LogP contribution in [0.5, 0.6) is 0 Å². The molecular weight excluding hydrogens is 266 g/mol. The Balaban J connectivity index is 1.94. The van der Waals surface area contributed by atoms with Crippen molar-refractivity contribution in [1.29, 1.82) is 0 Å². The summed E-state index contributed by atoms with van der Waals surface area (Å²) in [6, 6.07) is 0. The average molecular weight is 275 g/mol. The highest BCUT2D eigenvalue weighted by Gasteiger charge is 2.18. The molecule has 0 aliphatic carbocycles. The molecule has 9 nitrogen and oxygen atoms in total. The van der Waals surface area contributed by atoms with Gasteiger partial charge in [-0.2, -0.15) is 5.10 Å². The van der Waals surface area contributed by atoms with E-state index in [9.17, 15) is 8.42 Å². The highest BCUT2D eigenvalue weighted by atomic mass is 32.2. The summed E-state index contributed by atoms with van der Waals surface area (Å²) in [7, 11) is -3.64. The van der Waals surface area contributed by atoms with Gasteiger partial charge in [-0.3, -0.25) is 5.10 Å². The fourth-order valence-electron chi connectivity index (χ4n) is 1.05.